The Kier molecular flexibility index (Phi) is 4.56. The van der Waals surface area contributed by atoms with E-state index in [2.05, 4.69) is 58.7 Å². The maximum absolute atomic E-state index is 4.42. The summed E-state index contributed by atoms with van der Waals surface area (Å²) < 4.78 is 0. The highest BCUT2D eigenvalue weighted by molar-refractivity contribution is 5.46. The summed E-state index contributed by atoms with van der Waals surface area (Å²) in [5.74, 6) is 2.07. The molecule has 0 bridgehead atoms. The predicted molar refractivity (Wildman–Crippen MR) is 84.2 cm³/mol. The first kappa shape index (κ1) is 14.3. The van der Waals surface area contributed by atoms with E-state index in [4.69, 9.17) is 0 Å². The molecule has 0 unspecified atom stereocenters. The normalized spacial score (nSPS) is 10.7. The highest BCUT2D eigenvalue weighted by atomic mass is 15.1. The summed E-state index contributed by atoms with van der Waals surface area (Å²) >= 11 is 0. The molecule has 1 aromatic heterocycles. The maximum Gasteiger partial charge on any atom is 0.224 e. The summed E-state index contributed by atoms with van der Waals surface area (Å²) in [4.78, 5) is 8.60. The summed E-state index contributed by atoms with van der Waals surface area (Å²) in [5.41, 5.74) is 3.66. The van der Waals surface area contributed by atoms with Crippen molar-refractivity contribution in [2.45, 2.75) is 33.2 Å². The number of anilines is 2. The van der Waals surface area contributed by atoms with Crippen LogP contribution < -0.4 is 10.6 Å². The second-order valence-electron chi connectivity index (χ2n) is 5.23. The Hall–Kier alpha value is -2.10. The van der Waals surface area contributed by atoms with Gasteiger partial charge in [0.2, 0.25) is 5.95 Å². The van der Waals surface area contributed by atoms with Crippen LogP contribution in [-0.2, 0) is 6.54 Å². The van der Waals surface area contributed by atoms with Crippen LogP contribution in [0, 0.1) is 6.92 Å². The molecule has 0 aliphatic heterocycles. The summed E-state index contributed by atoms with van der Waals surface area (Å²) in [6.07, 6.45) is 1.82. The van der Waals surface area contributed by atoms with Crippen molar-refractivity contribution in [2.75, 3.05) is 17.7 Å². The topological polar surface area (TPSA) is 49.8 Å². The molecule has 0 saturated carbocycles. The molecular formula is C16H22N4. The van der Waals surface area contributed by atoms with Gasteiger partial charge in [-0.15, -0.1) is 0 Å². The van der Waals surface area contributed by atoms with Crippen molar-refractivity contribution in [1.82, 2.24) is 9.97 Å². The van der Waals surface area contributed by atoms with E-state index >= 15 is 0 Å². The molecule has 0 atom stereocenters. The van der Waals surface area contributed by atoms with Crippen molar-refractivity contribution in [2.24, 2.45) is 0 Å². The van der Waals surface area contributed by atoms with Gasteiger partial charge in [0.1, 0.15) is 5.82 Å². The van der Waals surface area contributed by atoms with Crippen LogP contribution in [0.1, 0.15) is 36.5 Å². The predicted octanol–water partition coefficient (Wildman–Crippen LogP) is 3.56. The maximum atomic E-state index is 4.42. The third-order valence-electron chi connectivity index (χ3n) is 3.30. The first-order chi connectivity index (χ1) is 9.60. The Morgan fingerprint density at radius 3 is 2.45 bits per heavy atom. The van der Waals surface area contributed by atoms with Crippen molar-refractivity contribution in [3.8, 4) is 0 Å². The van der Waals surface area contributed by atoms with E-state index in [0.29, 0.717) is 11.9 Å². The average Bonchev–Trinajstić information content (AvgIpc) is 2.47. The van der Waals surface area contributed by atoms with Crippen LogP contribution in [0.4, 0.5) is 11.8 Å². The Morgan fingerprint density at radius 2 is 1.85 bits per heavy atom. The van der Waals surface area contributed by atoms with E-state index in [1.54, 1.807) is 0 Å². The van der Waals surface area contributed by atoms with Gasteiger partial charge in [0, 0.05) is 25.4 Å². The number of nitrogens with one attached hydrogen (secondary N) is 2. The summed E-state index contributed by atoms with van der Waals surface area (Å²) in [7, 11) is 1.82. The smallest absolute Gasteiger partial charge is 0.224 e. The van der Waals surface area contributed by atoms with Gasteiger partial charge in [0.25, 0.3) is 0 Å². The van der Waals surface area contributed by atoms with Crippen LogP contribution in [0.15, 0.2) is 30.5 Å². The Labute approximate surface area is 120 Å². The fraction of sp³-hybridized carbons (Fsp3) is 0.375. The third-order valence-corrected chi connectivity index (χ3v) is 3.30. The first-order valence-corrected chi connectivity index (χ1v) is 6.94. The lowest BCUT2D eigenvalue weighted by molar-refractivity contribution is 0.865. The standard InChI is InChI=1S/C16H22N4/c1-11(2)14-7-5-13(6-8-14)10-18-15-12(3)9-19-16(17-4)20-15/h5-9,11H,10H2,1-4H3,(H2,17,18,19,20). The van der Waals surface area contributed by atoms with Gasteiger partial charge in [0.15, 0.2) is 0 Å². The molecule has 1 heterocycles. The largest absolute Gasteiger partial charge is 0.366 e. The second kappa shape index (κ2) is 6.37. The summed E-state index contributed by atoms with van der Waals surface area (Å²) in [6.45, 7) is 7.18. The van der Waals surface area contributed by atoms with E-state index in [-0.39, 0.29) is 0 Å². The molecule has 0 aliphatic rings. The fourth-order valence-electron chi connectivity index (χ4n) is 1.95. The quantitative estimate of drug-likeness (QED) is 0.872. The second-order valence-corrected chi connectivity index (χ2v) is 5.23. The Morgan fingerprint density at radius 1 is 1.15 bits per heavy atom. The van der Waals surface area contributed by atoms with E-state index in [0.717, 1.165) is 17.9 Å². The number of nitrogens with zero attached hydrogens (tertiary/aromatic N) is 2. The lowest BCUT2D eigenvalue weighted by Crippen LogP contribution is -2.06. The molecule has 0 amide bonds. The molecule has 4 nitrogen and oxygen atoms in total. The van der Waals surface area contributed by atoms with Crippen LogP contribution in [0.2, 0.25) is 0 Å². The average molecular weight is 270 g/mol. The van der Waals surface area contributed by atoms with Crippen LogP contribution >= 0.6 is 0 Å². The van der Waals surface area contributed by atoms with E-state index < -0.39 is 0 Å². The molecule has 0 fully saturated rings. The molecule has 2 aromatic rings. The van der Waals surface area contributed by atoms with Gasteiger partial charge >= 0.3 is 0 Å². The monoisotopic (exact) mass is 270 g/mol. The number of aromatic nitrogens is 2. The molecule has 106 valence electrons. The fourth-order valence-corrected chi connectivity index (χ4v) is 1.95. The van der Waals surface area contributed by atoms with Crippen molar-refractivity contribution in [1.29, 1.82) is 0 Å². The van der Waals surface area contributed by atoms with Gasteiger partial charge in [0.05, 0.1) is 0 Å². The number of hydrogen-bond acceptors (Lipinski definition) is 4. The number of hydrogen-bond donors (Lipinski definition) is 2. The van der Waals surface area contributed by atoms with Crippen molar-refractivity contribution in [3.63, 3.8) is 0 Å². The van der Waals surface area contributed by atoms with Crippen LogP contribution in [0.3, 0.4) is 0 Å². The zero-order valence-corrected chi connectivity index (χ0v) is 12.6. The lowest BCUT2D eigenvalue weighted by Gasteiger charge is -2.11. The summed E-state index contributed by atoms with van der Waals surface area (Å²) in [5, 5.41) is 6.31. The molecule has 0 saturated heterocycles. The highest BCUT2D eigenvalue weighted by Gasteiger charge is 2.03. The number of aryl methyl sites for hydroxylation is 1. The number of rotatable bonds is 5. The minimum absolute atomic E-state index is 0.569. The first-order valence-electron chi connectivity index (χ1n) is 6.94. The molecule has 0 spiro atoms. The van der Waals surface area contributed by atoms with E-state index in [9.17, 15) is 0 Å². The van der Waals surface area contributed by atoms with E-state index in [1.807, 2.05) is 20.2 Å². The minimum atomic E-state index is 0.569. The van der Waals surface area contributed by atoms with Crippen molar-refractivity contribution < 1.29 is 0 Å². The third kappa shape index (κ3) is 3.47. The SMILES string of the molecule is CNc1ncc(C)c(NCc2ccc(C(C)C)cc2)n1. The summed E-state index contributed by atoms with van der Waals surface area (Å²) in [6, 6.07) is 8.71. The van der Waals surface area contributed by atoms with Crippen LogP contribution in [0.5, 0.6) is 0 Å². The molecule has 2 rings (SSSR count). The van der Waals surface area contributed by atoms with Gasteiger partial charge in [-0.3, -0.25) is 0 Å². The zero-order chi connectivity index (χ0) is 14.5. The van der Waals surface area contributed by atoms with Gasteiger partial charge in [-0.05, 0) is 24.0 Å². The minimum Gasteiger partial charge on any atom is -0.366 e. The lowest BCUT2D eigenvalue weighted by atomic mass is 10.0. The zero-order valence-electron chi connectivity index (χ0n) is 12.6. The van der Waals surface area contributed by atoms with Crippen molar-refractivity contribution in [3.05, 3.63) is 47.2 Å². The molecule has 0 aliphatic carbocycles. The Balaban J connectivity index is 2.04. The molecule has 0 radical (unpaired) electrons. The molecule has 20 heavy (non-hydrogen) atoms. The van der Waals surface area contributed by atoms with Crippen LogP contribution in [-0.4, -0.2) is 17.0 Å². The van der Waals surface area contributed by atoms with Crippen LogP contribution in [0.25, 0.3) is 0 Å². The van der Waals surface area contributed by atoms with Gasteiger partial charge < -0.3 is 10.6 Å². The number of benzene rings is 1. The van der Waals surface area contributed by atoms with Gasteiger partial charge in [-0.1, -0.05) is 38.1 Å². The molecule has 4 heteroatoms. The molecule has 1 aromatic carbocycles. The van der Waals surface area contributed by atoms with Gasteiger partial charge in [-0.2, -0.15) is 4.98 Å². The molecular weight excluding hydrogens is 248 g/mol. The van der Waals surface area contributed by atoms with Crippen molar-refractivity contribution >= 4 is 11.8 Å². The highest BCUT2D eigenvalue weighted by Crippen LogP contribution is 2.17. The Bertz CT molecular complexity index is 561. The van der Waals surface area contributed by atoms with E-state index in [1.165, 1.54) is 11.1 Å². The molecule has 2 N–H and O–H groups in total. The van der Waals surface area contributed by atoms with Gasteiger partial charge in [-0.25, -0.2) is 4.98 Å².